The van der Waals surface area contributed by atoms with E-state index in [0.717, 1.165) is 25.6 Å². The molecule has 3 aromatic rings. The third kappa shape index (κ3) is 6.43. The average molecular weight is 630 g/mol. The Morgan fingerprint density at radius 3 is 2.43 bits per heavy atom. The number of aliphatic imine (C=N–C) groups is 1. The highest BCUT2D eigenvalue weighted by atomic mass is 79.9. The third-order valence-corrected chi connectivity index (χ3v) is 7.28. The Labute approximate surface area is 234 Å². The number of nitrogens with zero attached hydrogens (tertiary/aromatic N) is 1. The normalized spacial score (nSPS) is 18.9. The summed E-state index contributed by atoms with van der Waals surface area (Å²) in [4.78, 5) is 19.0. The van der Waals surface area contributed by atoms with Gasteiger partial charge in [-0.05, 0) is 61.9 Å². The largest absolute Gasteiger partial charge is 0.494 e. The van der Waals surface area contributed by atoms with Crippen LogP contribution in [0.5, 0.6) is 5.75 Å². The smallest absolute Gasteiger partial charge is 0.252 e. The molecule has 0 saturated carbocycles. The van der Waals surface area contributed by atoms with Crippen LogP contribution < -0.4 is 10.1 Å². The lowest BCUT2D eigenvalue weighted by Gasteiger charge is -2.32. The molecule has 0 aliphatic carbocycles. The summed E-state index contributed by atoms with van der Waals surface area (Å²) >= 11 is 7.16. The Morgan fingerprint density at radius 2 is 1.78 bits per heavy atom. The molecule has 0 radical (unpaired) electrons. The number of carbonyl (C=O) groups excluding carboxylic acids is 1. The zero-order valence-electron chi connectivity index (χ0n) is 20.8. The van der Waals surface area contributed by atoms with Gasteiger partial charge in [0.25, 0.3) is 5.91 Å². The predicted octanol–water partition coefficient (Wildman–Crippen LogP) is 6.00. The molecular weight excluding hydrogens is 600 g/mol. The van der Waals surface area contributed by atoms with Gasteiger partial charge in [-0.2, -0.15) is 0 Å². The molecule has 0 bridgehead atoms. The summed E-state index contributed by atoms with van der Waals surface area (Å²) in [5.41, 5.74) is 1.34. The molecule has 6 nitrogen and oxygen atoms in total. The van der Waals surface area contributed by atoms with E-state index < -0.39 is 11.6 Å². The fourth-order valence-corrected chi connectivity index (χ4v) is 5.00. The number of rotatable bonds is 10. The van der Waals surface area contributed by atoms with E-state index in [0.29, 0.717) is 31.1 Å². The molecule has 0 spiro atoms. The van der Waals surface area contributed by atoms with Crippen molar-refractivity contribution in [3.63, 3.8) is 0 Å². The summed E-state index contributed by atoms with van der Waals surface area (Å²) in [6, 6.07) is 23.1. The number of ether oxygens (including phenoxy) is 2. The molecule has 37 heavy (non-hydrogen) atoms. The number of carbonyl (C=O) groups is 1. The van der Waals surface area contributed by atoms with E-state index in [9.17, 15) is 4.79 Å². The SMILES string of the molecule is CC(C)NC(=O)[C@]1(Cc2ccc(Br)cc2)N=C(c2ccc(OCCCO)cc2)O[C@@H]1c1ccccc1Br. The number of halogens is 2. The van der Waals surface area contributed by atoms with Crippen LogP contribution in [-0.2, 0) is 16.0 Å². The number of amides is 1. The molecule has 4 rings (SSSR count). The molecule has 1 aliphatic rings. The predicted molar refractivity (Wildman–Crippen MR) is 152 cm³/mol. The summed E-state index contributed by atoms with van der Waals surface area (Å²) in [7, 11) is 0. The van der Waals surface area contributed by atoms with Gasteiger partial charge in [0.05, 0.1) is 6.61 Å². The summed E-state index contributed by atoms with van der Waals surface area (Å²) in [6.07, 6.45) is 0.270. The topological polar surface area (TPSA) is 80.2 Å². The van der Waals surface area contributed by atoms with E-state index in [1.165, 1.54) is 0 Å². The zero-order valence-corrected chi connectivity index (χ0v) is 24.0. The molecule has 2 N–H and O–H groups in total. The van der Waals surface area contributed by atoms with Crippen molar-refractivity contribution < 1.29 is 19.4 Å². The summed E-state index contributed by atoms with van der Waals surface area (Å²) in [5.74, 6) is 0.903. The molecule has 2 atom stereocenters. The molecule has 0 saturated heterocycles. The van der Waals surface area contributed by atoms with E-state index in [-0.39, 0.29) is 18.6 Å². The number of aliphatic hydroxyl groups is 1. The standard InChI is InChI=1S/C29H30Br2N2O4/c1-19(2)32-28(35)29(18-20-8-12-22(30)13-9-20)26(24-6-3-4-7-25(24)31)37-27(33-29)21-10-14-23(15-11-21)36-17-5-16-34/h3-4,6-15,19,26,34H,5,16-18H2,1-2H3,(H,32,35)/t26-,29-/m1/s1. The molecule has 8 heteroatoms. The van der Waals surface area contributed by atoms with Crippen LogP contribution in [-0.4, -0.2) is 41.7 Å². The Bertz CT molecular complexity index is 1250. The van der Waals surface area contributed by atoms with Crippen LogP contribution in [0.25, 0.3) is 0 Å². The fraction of sp³-hybridized carbons (Fsp3) is 0.310. The molecule has 0 fully saturated rings. The summed E-state index contributed by atoms with van der Waals surface area (Å²) in [5, 5.41) is 12.1. The minimum Gasteiger partial charge on any atom is -0.494 e. The number of aliphatic hydroxyl groups excluding tert-OH is 1. The number of nitrogens with one attached hydrogen (secondary N) is 1. The van der Waals surface area contributed by atoms with Crippen LogP contribution >= 0.6 is 31.9 Å². The van der Waals surface area contributed by atoms with Crippen molar-refractivity contribution in [3.05, 3.63) is 98.4 Å². The molecule has 0 aromatic heterocycles. The first kappa shape index (κ1) is 27.4. The first-order valence-electron chi connectivity index (χ1n) is 12.2. The van der Waals surface area contributed by atoms with Crippen molar-refractivity contribution in [2.24, 2.45) is 4.99 Å². The third-order valence-electron chi connectivity index (χ3n) is 6.02. The maximum atomic E-state index is 14.0. The quantitative estimate of drug-likeness (QED) is 0.270. The minimum atomic E-state index is -1.23. The lowest BCUT2D eigenvalue weighted by atomic mass is 9.82. The number of benzene rings is 3. The highest BCUT2D eigenvalue weighted by Crippen LogP contribution is 2.44. The summed E-state index contributed by atoms with van der Waals surface area (Å²) in [6.45, 7) is 4.39. The van der Waals surface area contributed by atoms with Crippen LogP contribution in [0.4, 0.5) is 0 Å². The van der Waals surface area contributed by atoms with E-state index in [4.69, 9.17) is 19.6 Å². The van der Waals surface area contributed by atoms with Gasteiger partial charge in [-0.3, -0.25) is 4.79 Å². The van der Waals surface area contributed by atoms with E-state index >= 15 is 0 Å². The minimum absolute atomic E-state index is 0.0660. The van der Waals surface area contributed by atoms with Crippen molar-refractivity contribution in [2.75, 3.05) is 13.2 Å². The monoisotopic (exact) mass is 628 g/mol. The Hall–Kier alpha value is -2.68. The number of hydrogen-bond donors (Lipinski definition) is 2. The van der Waals surface area contributed by atoms with Crippen molar-refractivity contribution in [2.45, 2.75) is 44.4 Å². The van der Waals surface area contributed by atoms with Gasteiger partial charge in [0.15, 0.2) is 11.6 Å². The highest BCUT2D eigenvalue weighted by Gasteiger charge is 2.53. The second kappa shape index (κ2) is 12.2. The van der Waals surface area contributed by atoms with Gasteiger partial charge in [-0.25, -0.2) is 4.99 Å². The van der Waals surface area contributed by atoms with Gasteiger partial charge in [0.2, 0.25) is 5.90 Å². The fourth-order valence-electron chi connectivity index (χ4n) is 4.25. The molecule has 0 unspecified atom stereocenters. The van der Waals surface area contributed by atoms with Crippen molar-refractivity contribution in [3.8, 4) is 5.75 Å². The van der Waals surface area contributed by atoms with Gasteiger partial charge < -0.3 is 19.9 Å². The van der Waals surface area contributed by atoms with Crippen molar-refractivity contribution in [1.82, 2.24) is 5.32 Å². The van der Waals surface area contributed by atoms with Crippen LogP contribution in [0.15, 0.2) is 86.7 Å². The Balaban J connectivity index is 1.79. The van der Waals surface area contributed by atoms with Gasteiger partial charge in [-0.15, -0.1) is 0 Å². The van der Waals surface area contributed by atoms with Crippen LogP contribution in [0.3, 0.4) is 0 Å². The molecule has 1 heterocycles. The van der Waals surface area contributed by atoms with Gasteiger partial charge in [0, 0.05) is 45.6 Å². The first-order chi connectivity index (χ1) is 17.8. The second-order valence-corrected chi connectivity index (χ2v) is 11.0. The van der Waals surface area contributed by atoms with Crippen LogP contribution in [0, 0.1) is 0 Å². The van der Waals surface area contributed by atoms with E-state index in [1.54, 1.807) is 0 Å². The molecule has 1 aliphatic heterocycles. The lowest BCUT2D eigenvalue weighted by molar-refractivity contribution is -0.129. The summed E-state index contributed by atoms with van der Waals surface area (Å²) < 4.78 is 14.0. The molecular formula is C29H30Br2N2O4. The number of hydrogen-bond acceptors (Lipinski definition) is 5. The van der Waals surface area contributed by atoms with Crippen LogP contribution in [0.2, 0.25) is 0 Å². The Kier molecular flexibility index (Phi) is 9.05. The van der Waals surface area contributed by atoms with Gasteiger partial charge >= 0.3 is 0 Å². The molecule has 194 valence electrons. The van der Waals surface area contributed by atoms with Crippen LogP contribution in [0.1, 0.15) is 43.1 Å². The lowest BCUT2D eigenvalue weighted by Crippen LogP contribution is -2.51. The van der Waals surface area contributed by atoms with Crippen molar-refractivity contribution >= 4 is 43.7 Å². The van der Waals surface area contributed by atoms with Gasteiger partial charge in [-0.1, -0.05) is 62.2 Å². The van der Waals surface area contributed by atoms with Gasteiger partial charge in [0.1, 0.15) is 5.75 Å². The maximum absolute atomic E-state index is 14.0. The average Bonchev–Trinajstić information content (AvgIpc) is 3.26. The second-order valence-electron chi connectivity index (χ2n) is 9.24. The van der Waals surface area contributed by atoms with E-state index in [2.05, 4.69) is 37.2 Å². The Morgan fingerprint density at radius 1 is 1.08 bits per heavy atom. The maximum Gasteiger partial charge on any atom is 0.252 e. The van der Waals surface area contributed by atoms with Crippen molar-refractivity contribution in [1.29, 1.82) is 0 Å². The molecule has 3 aromatic carbocycles. The zero-order chi connectivity index (χ0) is 26.4. The first-order valence-corrected chi connectivity index (χ1v) is 13.8. The molecule has 1 amide bonds. The highest BCUT2D eigenvalue weighted by molar-refractivity contribution is 9.10. The van der Waals surface area contributed by atoms with E-state index in [1.807, 2.05) is 86.6 Å².